The normalized spacial score (nSPS) is 17.4. The van der Waals surface area contributed by atoms with Crippen LogP contribution in [0.3, 0.4) is 0 Å². The van der Waals surface area contributed by atoms with Crippen LogP contribution in [0.1, 0.15) is 24.8 Å². The minimum atomic E-state index is 1.13. The predicted molar refractivity (Wildman–Crippen MR) is 70.0 cm³/mol. The van der Waals surface area contributed by atoms with E-state index in [0.29, 0.717) is 0 Å². The molecule has 3 rings (SSSR count). The van der Waals surface area contributed by atoms with Crippen LogP contribution >= 0.6 is 0 Å². The summed E-state index contributed by atoms with van der Waals surface area (Å²) in [7, 11) is 0. The Balaban J connectivity index is 1.89. The molecule has 2 heterocycles. The molecule has 2 aromatic rings. The Labute approximate surface area is 102 Å². The van der Waals surface area contributed by atoms with E-state index in [1.54, 1.807) is 4.90 Å². The molecule has 0 atom stereocenters. The highest BCUT2D eigenvalue weighted by Crippen LogP contribution is 2.15. The van der Waals surface area contributed by atoms with E-state index in [1.807, 2.05) is 12.3 Å². The summed E-state index contributed by atoms with van der Waals surface area (Å²) in [5.74, 6) is 0. The molecule has 2 nitrogen and oxygen atoms in total. The number of hydrogen-bond donors (Lipinski definition) is 1. The molecule has 17 heavy (non-hydrogen) atoms. The van der Waals surface area contributed by atoms with Crippen molar-refractivity contribution in [2.24, 2.45) is 0 Å². The Kier molecular flexibility index (Phi) is 3.06. The van der Waals surface area contributed by atoms with Crippen LogP contribution in [0.4, 0.5) is 0 Å². The quantitative estimate of drug-likeness (QED) is 0.828. The maximum Gasteiger partial charge on any atom is 0.105 e. The summed E-state index contributed by atoms with van der Waals surface area (Å²) >= 11 is 0. The highest BCUT2D eigenvalue weighted by atomic mass is 15.1. The molecule has 0 spiro atoms. The average molecular weight is 227 g/mol. The van der Waals surface area contributed by atoms with E-state index in [2.05, 4.69) is 29.2 Å². The maximum absolute atomic E-state index is 4.53. The molecule has 1 aliphatic heterocycles. The lowest BCUT2D eigenvalue weighted by Crippen LogP contribution is -3.11. The monoisotopic (exact) mass is 227 g/mol. The molecule has 0 aliphatic carbocycles. The Bertz CT molecular complexity index is 496. The fourth-order valence-corrected chi connectivity index (χ4v) is 2.81. The first-order chi connectivity index (χ1) is 8.43. The first-order valence-corrected chi connectivity index (χ1v) is 6.60. The van der Waals surface area contributed by atoms with Gasteiger partial charge in [-0.25, -0.2) is 0 Å². The number of likely N-dealkylation sites (tertiary alicyclic amines) is 1. The molecule has 0 amide bonds. The Morgan fingerprint density at radius 3 is 2.71 bits per heavy atom. The van der Waals surface area contributed by atoms with Crippen molar-refractivity contribution in [3.8, 4) is 0 Å². The summed E-state index contributed by atoms with van der Waals surface area (Å²) in [5, 5.41) is 1.27. The second-order valence-electron chi connectivity index (χ2n) is 4.98. The molecule has 0 bridgehead atoms. The van der Waals surface area contributed by atoms with Crippen molar-refractivity contribution in [3.63, 3.8) is 0 Å². The third-order valence-electron chi connectivity index (χ3n) is 3.72. The fraction of sp³-hybridized carbons (Fsp3) is 0.400. The maximum atomic E-state index is 4.53. The van der Waals surface area contributed by atoms with Crippen LogP contribution in [-0.2, 0) is 6.54 Å². The van der Waals surface area contributed by atoms with Crippen LogP contribution in [0, 0.1) is 0 Å². The lowest BCUT2D eigenvalue weighted by Gasteiger charge is -2.23. The average Bonchev–Trinajstić information content (AvgIpc) is 2.40. The van der Waals surface area contributed by atoms with Crippen LogP contribution in [0.2, 0.25) is 0 Å². The number of rotatable bonds is 2. The topological polar surface area (TPSA) is 17.3 Å². The van der Waals surface area contributed by atoms with E-state index in [0.717, 1.165) is 6.54 Å². The third kappa shape index (κ3) is 2.32. The van der Waals surface area contributed by atoms with Crippen molar-refractivity contribution in [2.45, 2.75) is 25.8 Å². The summed E-state index contributed by atoms with van der Waals surface area (Å²) in [6, 6.07) is 10.7. The number of para-hydroxylation sites is 1. The van der Waals surface area contributed by atoms with Gasteiger partial charge in [0.2, 0.25) is 0 Å². The summed E-state index contributed by atoms with van der Waals surface area (Å²) in [6.45, 7) is 3.78. The van der Waals surface area contributed by atoms with E-state index in [9.17, 15) is 0 Å². The van der Waals surface area contributed by atoms with Gasteiger partial charge in [-0.1, -0.05) is 24.3 Å². The van der Waals surface area contributed by atoms with E-state index in [1.165, 1.54) is 48.8 Å². The molecule has 88 valence electrons. The van der Waals surface area contributed by atoms with Gasteiger partial charge < -0.3 is 4.90 Å². The molecular formula is C15H19N2+. The number of quaternary nitrogens is 1. The molecule has 2 heteroatoms. The summed E-state index contributed by atoms with van der Waals surface area (Å²) in [5.41, 5.74) is 2.59. The van der Waals surface area contributed by atoms with Gasteiger partial charge in [-0.05, 0) is 25.3 Å². The van der Waals surface area contributed by atoms with Crippen molar-refractivity contribution < 1.29 is 4.90 Å². The van der Waals surface area contributed by atoms with Crippen molar-refractivity contribution in [1.82, 2.24) is 4.98 Å². The van der Waals surface area contributed by atoms with Gasteiger partial charge in [0.15, 0.2) is 0 Å². The van der Waals surface area contributed by atoms with Crippen molar-refractivity contribution in [2.75, 3.05) is 13.1 Å². The lowest BCUT2D eigenvalue weighted by molar-refractivity contribution is -0.918. The Hall–Kier alpha value is -1.41. The third-order valence-corrected chi connectivity index (χ3v) is 3.72. The summed E-state index contributed by atoms with van der Waals surface area (Å²) in [6.07, 6.45) is 6.08. The molecule has 1 N–H and O–H groups in total. The standard InChI is InChI=1S/C15H18N2/c1-2-10-17(11-3-1)12-14-7-4-6-13-8-5-9-16-15(13)14/h4-9H,1-3,10-12H2/p+1. The second kappa shape index (κ2) is 4.84. The second-order valence-corrected chi connectivity index (χ2v) is 4.98. The number of benzene rings is 1. The molecule has 1 fully saturated rings. The lowest BCUT2D eigenvalue weighted by atomic mass is 10.1. The largest absolute Gasteiger partial charge is 0.331 e. The Morgan fingerprint density at radius 2 is 1.82 bits per heavy atom. The van der Waals surface area contributed by atoms with Crippen molar-refractivity contribution in [3.05, 3.63) is 42.1 Å². The van der Waals surface area contributed by atoms with Gasteiger partial charge >= 0.3 is 0 Å². The molecule has 1 saturated heterocycles. The van der Waals surface area contributed by atoms with Gasteiger partial charge in [0.25, 0.3) is 0 Å². The number of nitrogens with one attached hydrogen (secondary N) is 1. The zero-order valence-electron chi connectivity index (χ0n) is 10.2. The predicted octanol–water partition coefficient (Wildman–Crippen LogP) is 1.80. The smallest absolute Gasteiger partial charge is 0.105 e. The van der Waals surface area contributed by atoms with E-state index in [4.69, 9.17) is 0 Å². The van der Waals surface area contributed by atoms with Gasteiger partial charge in [-0.15, -0.1) is 0 Å². The van der Waals surface area contributed by atoms with Crippen LogP contribution in [0.25, 0.3) is 10.9 Å². The number of aromatic nitrogens is 1. The zero-order chi connectivity index (χ0) is 11.5. The van der Waals surface area contributed by atoms with Crippen LogP contribution < -0.4 is 4.90 Å². The minimum Gasteiger partial charge on any atom is -0.331 e. The molecule has 1 aromatic heterocycles. The van der Waals surface area contributed by atoms with E-state index < -0.39 is 0 Å². The van der Waals surface area contributed by atoms with Crippen molar-refractivity contribution in [1.29, 1.82) is 0 Å². The Morgan fingerprint density at radius 1 is 1.00 bits per heavy atom. The van der Waals surface area contributed by atoms with Gasteiger partial charge in [-0.2, -0.15) is 0 Å². The van der Waals surface area contributed by atoms with E-state index in [-0.39, 0.29) is 0 Å². The highest BCUT2D eigenvalue weighted by Gasteiger charge is 2.15. The first-order valence-electron chi connectivity index (χ1n) is 6.60. The molecule has 1 aliphatic rings. The van der Waals surface area contributed by atoms with Crippen LogP contribution in [0.5, 0.6) is 0 Å². The number of nitrogens with zero attached hydrogens (tertiary/aromatic N) is 1. The molecule has 0 saturated carbocycles. The van der Waals surface area contributed by atoms with Gasteiger partial charge in [-0.3, -0.25) is 4.98 Å². The zero-order valence-corrected chi connectivity index (χ0v) is 10.2. The van der Waals surface area contributed by atoms with Crippen LogP contribution in [-0.4, -0.2) is 18.1 Å². The molecule has 0 unspecified atom stereocenters. The van der Waals surface area contributed by atoms with Crippen LogP contribution in [0.15, 0.2) is 36.5 Å². The van der Waals surface area contributed by atoms with Gasteiger partial charge in [0.05, 0.1) is 18.6 Å². The highest BCUT2D eigenvalue weighted by molar-refractivity contribution is 5.81. The number of fused-ring (bicyclic) bond motifs is 1. The summed E-state index contributed by atoms with van der Waals surface area (Å²) < 4.78 is 0. The first kappa shape index (κ1) is 10.7. The number of pyridine rings is 1. The minimum absolute atomic E-state index is 1.13. The molecule has 0 radical (unpaired) electrons. The fourth-order valence-electron chi connectivity index (χ4n) is 2.81. The van der Waals surface area contributed by atoms with Crippen molar-refractivity contribution >= 4 is 10.9 Å². The van der Waals surface area contributed by atoms with Gasteiger partial charge in [0.1, 0.15) is 6.54 Å². The van der Waals surface area contributed by atoms with E-state index >= 15 is 0 Å². The summed E-state index contributed by atoms with van der Waals surface area (Å²) in [4.78, 5) is 6.25. The number of piperidine rings is 1. The van der Waals surface area contributed by atoms with Gasteiger partial charge in [0, 0.05) is 17.1 Å². The molecular weight excluding hydrogens is 208 g/mol. The number of hydrogen-bond acceptors (Lipinski definition) is 1. The SMILES string of the molecule is c1cnc2c(C[NH+]3CCCCC3)cccc2c1. The molecule has 1 aromatic carbocycles.